The zero-order valence-corrected chi connectivity index (χ0v) is 27.9. The smallest absolute Gasteiger partial charge is 0.417 e. The molecule has 0 radical (unpaired) electrons. The van der Waals surface area contributed by atoms with Crippen molar-refractivity contribution >= 4 is 52.3 Å². The van der Waals surface area contributed by atoms with E-state index < -0.39 is 88.3 Å². The van der Waals surface area contributed by atoms with E-state index in [2.05, 4.69) is 26.3 Å². The summed E-state index contributed by atoms with van der Waals surface area (Å²) in [7, 11) is 0. The number of fused-ring (bicyclic) bond motifs is 1. The van der Waals surface area contributed by atoms with Crippen molar-refractivity contribution in [2.45, 2.75) is 83.3 Å². The Morgan fingerprint density at radius 3 is 2.42 bits per heavy atom. The summed E-state index contributed by atoms with van der Waals surface area (Å²) >= 11 is 0. The van der Waals surface area contributed by atoms with E-state index in [1.165, 1.54) is 17.9 Å². The van der Waals surface area contributed by atoms with Gasteiger partial charge in [0.05, 0.1) is 12.1 Å². The lowest BCUT2D eigenvalue weighted by atomic mass is 10.1. The summed E-state index contributed by atoms with van der Waals surface area (Å²) in [6.45, 7) is 6.21. The van der Waals surface area contributed by atoms with Gasteiger partial charge in [-0.1, -0.05) is 0 Å². The third-order valence-electron chi connectivity index (χ3n) is 7.31. The summed E-state index contributed by atoms with van der Waals surface area (Å²) in [6.07, 6.45) is -4.68. The number of carbonyl (C=O) groups excluding carboxylic acids is 5. The average Bonchev–Trinajstić information content (AvgIpc) is 3.49. The lowest BCUT2D eigenvalue weighted by Gasteiger charge is -2.27. The monoisotopic (exact) mass is 710 g/mol. The molecule has 0 bridgehead atoms. The molecule has 0 spiro atoms. The SMILES string of the molecule is CC(NC(=O)OC(C)(C)C)C(=O)NCC(=O)N1CCCC1C(=O)NC(CCCN=C(N)N)C(=O)Nc1ccc2c(C(F)(F)F)cc(=O)oc2c1. The van der Waals surface area contributed by atoms with E-state index in [0.717, 1.165) is 12.1 Å². The van der Waals surface area contributed by atoms with Crippen LogP contribution in [0.5, 0.6) is 0 Å². The van der Waals surface area contributed by atoms with Gasteiger partial charge in [0, 0.05) is 36.3 Å². The van der Waals surface area contributed by atoms with E-state index in [0.29, 0.717) is 12.5 Å². The number of nitrogens with two attached hydrogens (primary N) is 2. The molecule has 3 unspecified atom stereocenters. The van der Waals surface area contributed by atoms with Crippen LogP contribution >= 0.6 is 0 Å². The Morgan fingerprint density at radius 1 is 1.08 bits per heavy atom. The Kier molecular flexibility index (Phi) is 12.8. The summed E-state index contributed by atoms with van der Waals surface area (Å²) in [5.41, 5.74) is 7.07. The standard InChI is InChI=1S/C31H41F3N8O8/c1-16(39-29(48)50-30(2,3)4)25(45)38-15-23(43)42-12-6-8-21(42)27(47)41-20(7-5-11-37-28(35)36)26(46)40-17-9-10-18-19(31(32,33)34)14-24(44)49-22(18)13-17/h9-10,13-14,16,20-21H,5-8,11-12,15H2,1-4H3,(H,38,45)(H,39,48)(H,40,46)(H,41,47)(H4,35,36,37). The molecule has 1 aliphatic heterocycles. The molecular formula is C31H41F3N8O8. The number of rotatable bonds is 12. The molecule has 0 saturated carbocycles. The fourth-order valence-electron chi connectivity index (χ4n) is 5.05. The Balaban J connectivity index is 1.69. The molecule has 50 heavy (non-hydrogen) atoms. The highest BCUT2D eigenvalue weighted by Gasteiger charge is 2.37. The van der Waals surface area contributed by atoms with Crippen LogP contribution in [0.15, 0.2) is 38.5 Å². The van der Waals surface area contributed by atoms with Gasteiger partial charge < -0.3 is 46.8 Å². The third kappa shape index (κ3) is 11.4. The number of guanidine groups is 1. The van der Waals surface area contributed by atoms with Crippen molar-refractivity contribution in [3.05, 3.63) is 40.2 Å². The van der Waals surface area contributed by atoms with Gasteiger partial charge in [0.2, 0.25) is 23.6 Å². The van der Waals surface area contributed by atoms with Crippen LogP contribution in [0.2, 0.25) is 0 Å². The molecule has 8 N–H and O–H groups in total. The molecule has 19 heteroatoms. The van der Waals surface area contributed by atoms with Crippen molar-refractivity contribution in [2.75, 3.05) is 25.0 Å². The van der Waals surface area contributed by atoms with E-state index in [1.54, 1.807) is 20.8 Å². The van der Waals surface area contributed by atoms with Gasteiger partial charge in [-0.05, 0) is 65.5 Å². The number of nitrogens with zero attached hydrogens (tertiary/aromatic N) is 2. The first-order valence-corrected chi connectivity index (χ1v) is 15.6. The first kappa shape index (κ1) is 39.1. The second kappa shape index (κ2) is 16.4. The zero-order valence-electron chi connectivity index (χ0n) is 27.9. The van der Waals surface area contributed by atoms with Crippen molar-refractivity contribution in [3.8, 4) is 0 Å². The highest BCUT2D eigenvalue weighted by molar-refractivity contribution is 6.00. The van der Waals surface area contributed by atoms with Crippen LogP contribution in [-0.2, 0) is 30.1 Å². The number of alkyl carbamates (subject to hydrolysis) is 1. The van der Waals surface area contributed by atoms with E-state index in [1.807, 2.05) is 0 Å². The van der Waals surface area contributed by atoms with Crippen LogP contribution in [-0.4, -0.2) is 83.9 Å². The predicted octanol–water partition coefficient (Wildman–Crippen LogP) is 1.31. The first-order chi connectivity index (χ1) is 23.2. The van der Waals surface area contributed by atoms with Crippen molar-refractivity contribution in [3.63, 3.8) is 0 Å². The van der Waals surface area contributed by atoms with E-state index >= 15 is 0 Å². The molecule has 3 atom stereocenters. The minimum Gasteiger partial charge on any atom is -0.444 e. The molecule has 1 saturated heterocycles. The van der Waals surface area contributed by atoms with Crippen molar-refractivity contribution in [1.82, 2.24) is 20.9 Å². The van der Waals surface area contributed by atoms with Crippen LogP contribution in [0.1, 0.15) is 58.9 Å². The Morgan fingerprint density at radius 2 is 1.78 bits per heavy atom. The molecule has 1 aromatic carbocycles. The molecule has 3 rings (SSSR count). The van der Waals surface area contributed by atoms with Crippen molar-refractivity contribution in [2.24, 2.45) is 16.5 Å². The molecule has 1 aliphatic rings. The topological polar surface area (TPSA) is 241 Å². The lowest BCUT2D eigenvalue weighted by Crippen LogP contribution is -2.54. The maximum atomic E-state index is 13.5. The second-order valence-electron chi connectivity index (χ2n) is 12.5. The molecule has 1 fully saturated rings. The number of amides is 5. The number of alkyl halides is 3. The molecule has 2 aromatic rings. The number of benzene rings is 1. The highest BCUT2D eigenvalue weighted by atomic mass is 19.4. The number of nitrogens with one attached hydrogen (secondary N) is 4. The van der Waals surface area contributed by atoms with E-state index in [4.69, 9.17) is 20.6 Å². The predicted molar refractivity (Wildman–Crippen MR) is 175 cm³/mol. The van der Waals surface area contributed by atoms with Gasteiger partial charge >= 0.3 is 17.9 Å². The average molecular weight is 711 g/mol. The van der Waals surface area contributed by atoms with E-state index in [-0.39, 0.29) is 44.0 Å². The number of likely N-dealkylation sites (tertiary alicyclic amines) is 1. The third-order valence-corrected chi connectivity index (χ3v) is 7.31. The molecular weight excluding hydrogens is 669 g/mol. The van der Waals surface area contributed by atoms with E-state index in [9.17, 15) is 41.9 Å². The van der Waals surface area contributed by atoms with Crippen molar-refractivity contribution < 1.29 is 46.3 Å². The Labute approximate surface area is 284 Å². The zero-order chi connectivity index (χ0) is 37.4. The van der Waals surface area contributed by atoms with Crippen molar-refractivity contribution in [1.29, 1.82) is 0 Å². The van der Waals surface area contributed by atoms with Crippen LogP contribution in [0.25, 0.3) is 11.0 Å². The van der Waals surface area contributed by atoms with Gasteiger partial charge in [0.15, 0.2) is 5.96 Å². The van der Waals surface area contributed by atoms with Crippen LogP contribution in [0.3, 0.4) is 0 Å². The largest absolute Gasteiger partial charge is 0.444 e. The second-order valence-corrected chi connectivity index (χ2v) is 12.5. The first-order valence-electron chi connectivity index (χ1n) is 15.6. The number of carbonyl (C=O) groups is 5. The van der Waals surface area contributed by atoms with Gasteiger partial charge in [-0.25, -0.2) is 9.59 Å². The summed E-state index contributed by atoms with van der Waals surface area (Å²) in [5, 5.41) is 9.53. The summed E-state index contributed by atoms with van der Waals surface area (Å²) in [6, 6.07) is 0.384. The number of anilines is 1. The molecule has 1 aromatic heterocycles. The molecule has 16 nitrogen and oxygen atoms in total. The van der Waals surface area contributed by atoms with Gasteiger partial charge in [-0.3, -0.25) is 24.2 Å². The van der Waals surface area contributed by atoms with Gasteiger partial charge in [0.25, 0.3) is 0 Å². The lowest BCUT2D eigenvalue weighted by molar-refractivity contribution is -0.139. The molecule has 0 aliphatic carbocycles. The highest BCUT2D eigenvalue weighted by Crippen LogP contribution is 2.34. The summed E-state index contributed by atoms with van der Waals surface area (Å²) in [5.74, 6) is -2.85. The number of hydrogen-bond acceptors (Lipinski definition) is 9. The van der Waals surface area contributed by atoms with Gasteiger partial charge in [0.1, 0.15) is 29.3 Å². The number of aliphatic imine (C=N–C) groups is 1. The van der Waals surface area contributed by atoms with Crippen LogP contribution in [0.4, 0.5) is 23.7 Å². The number of ether oxygens (including phenoxy) is 1. The van der Waals surface area contributed by atoms with Gasteiger partial charge in [-0.2, -0.15) is 13.2 Å². The summed E-state index contributed by atoms with van der Waals surface area (Å²) in [4.78, 5) is 81.2. The minimum absolute atomic E-state index is 0.0164. The number of hydrogen-bond donors (Lipinski definition) is 6. The number of halogens is 3. The quantitative estimate of drug-likeness (QED) is 0.0799. The minimum atomic E-state index is -4.83. The maximum absolute atomic E-state index is 13.5. The van der Waals surface area contributed by atoms with Gasteiger partial charge in [-0.15, -0.1) is 0 Å². The van der Waals surface area contributed by atoms with Crippen LogP contribution < -0.4 is 38.4 Å². The fraction of sp³-hybridized carbons (Fsp3) is 0.516. The normalized spacial score (nSPS) is 15.8. The molecule has 274 valence electrons. The molecule has 5 amide bonds. The molecule has 2 heterocycles. The maximum Gasteiger partial charge on any atom is 0.417 e. The Hall–Kier alpha value is -5.36. The fourth-order valence-corrected chi connectivity index (χ4v) is 5.05. The van der Waals surface area contributed by atoms with Crippen LogP contribution in [0, 0.1) is 0 Å². The Bertz CT molecular complexity index is 1680. The summed E-state index contributed by atoms with van der Waals surface area (Å²) < 4.78 is 50.4.